The van der Waals surface area contributed by atoms with Gasteiger partial charge < -0.3 is 10.1 Å². The molecule has 0 aliphatic carbocycles. The lowest BCUT2D eigenvalue weighted by molar-refractivity contribution is 0.0374. The van der Waals surface area contributed by atoms with Gasteiger partial charge in [-0.15, -0.1) is 0 Å². The lowest BCUT2D eigenvalue weighted by Gasteiger charge is -2.26. The molecule has 1 saturated heterocycles. The summed E-state index contributed by atoms with van der Waals surface area (Å²) in [5, 5.41) is 8.52. The molecule has 0 unspecified atom stereocenters. The monoisotopic (exact) mass is 286 g/mol. The summed E-state index contributed by atoms with van der Waals surface area (Å²) in [6, 6.07) is 0. The lowest BCUT2D eigenvalue weighted by atomic mass is 10.3. The molecule has 1 aliphatic rings. The molecule has 1 aliphatic heterocycles. The molecule has 6 heteroatoms. The first-order valence-corrected chi connectivity index (χ1v) is 7.25. The van der Waals surface area contributed by atoms with Gasteiger partial charge in [-0.25, -0.2) is 0 Å². The number of morpholine rings is 1. The van der Waals surface area contributed by atoms with Crippen molar-refractivity contribution < 1.29 is 4.74 Å². The third kappa shape index (κ3) is 4.18. The number of aromatic nitrogens is 2. The van der Waals surface area contributed by atoms with Crippen molar-refractivity contribution in [1.82, 2.24) is 20.0 Å². The number of nitrogens with one attached hydrogen (secondary N) is 1. The van der Waals surface area contributed by atoms with Gasteiger partial charge in [0.15, 0.2) is 0 Å². The van der Waals surface area contributed by atoms with Crippen molar-refractivity contribution in [3.05, 3.63) is 16.4 Å². The van der Waals surface area contributed by atoms with Gasteiger partial charge in [0.1, 0.15) is 0 Å². The maximum Gasteiger partial charge on any atom is 0.0860 e. The van der Waals surface area contributed by atoms with E-state index in [1.165, 1.54) is 0 Å². The highest BCUT2D eigenvalue weighted by Crippen LogP contribution is 2.18. The molecule has 0 spiro atoms. The Kier molecular flexibility index (Phi) is 5.63. The minimum absolute atomic E-state index is 0.777. The summed E-state index contributed by atoms with van der Waals surface area (Å²) in [6.07, 6.45) is 1.15. The van der Waals surface area contributed by atoms with Crippen molar-refractivity contribution in [1.29, 1.82) is 0 Å². The van der Waals surface area contributed by atoms with Gasteiger partial charge in [0, 0.05) is 26.7 Å². The van der Waals surface area contributed by atoms with Gasteiger partial charge >= 0.3 is 0 Å². The van der Waals surface area contributed by atoms with Crippen molar-refractivity contribution in [2.45, 2.75) is 19.9 Å². The molecular weight excluding hydrogens is 264 g/mol. The molecule has 1 aromatic rings. The van der Waals surface area contributed by atoms with E-state index in [0.29, 0.717) is 0 Å². The van der Waals surface area contributed by atoms with E-state index >= 15 is 0 Å². The molecule has 0 saturated carbocycles. The second-order valence-corrected chi connectivity index (χ2v) is 5.33. The van der Waals surface area contributed by atoms with Crippen LogP contribution < -0.4 is 5.32 Å². The lowest BCUT2D eigenvalue weighted by Crippen LogP contribution is -2.37. The highest BCUT2D eigenvalue weighted by molar-refractivity contribution is 6.31. The van der Waals surface area contributed by atoms with Crippen molar-refractivity contribution >= 4 is 11.6 Å². The van der Waals surface area contributed by atoms with Gasteiger partial charge in [-0.2, -0.15) is 5.10 Å². The smallest absolute Gasteiger partial charge is 0.0860 e. The van der Waals surface area contributed by atoms with Crippen LogP contribution in [-0.2, 0) is 18.3 Å². The van der Waals surface area contributed by atoms with Crippen LogP contribution in [0.3, 0.4) is 0 Å². The number of rotatable bonds is 6. The van der Waals surface area contributed by atoms with Crippen molar-refractivity contribution in [3.8, 4) is 0 Å². The summed E-state index contributed by atoms with van der Waals surface area (Å²) in [4.78, 5) is 2.45. The number of aryl methyl sites for hydroxylation is 2. The Labute approximate surface area is 119 Å². The average molecular weight is 287 g/mol. The molecule has 0 aromatic carbocycles. The summed E-state index contributed by atoms with van der Waals surface area (Å²) in [5.41, 5.74) is 1.96. The minimum atomic E-state index is 0.777. The first kappa shape index (κ1) is 14.8. The zero-order valence-electron chi connectivity index (χ0n) is 11.8. The number of ether oxygens (including phenoxy) is 1. The van der Waals surface area contributed by atoms with Gasteiger partial charge in [0.2, 0.25) is 0 Å². The van der Waals surface area contributed by atoms with E-state index < -0.39 is 0 Å². The predicted octanol–water partition coefficient (Wildman–Crippen LogP) is 1.19. The quantitative estimate of drug-likeness (QED) is 0.798. The first-order valence-electron chi connectivity index (χ1n) is 6.87. The van der Waals surface area contributed by atoms with Crippen LogP contribution >= 0.6 is 11.6 Å². The minimum Gasteiger partial charge on any atom is -0.379 e. The normalized spacial score (nSPS) is 17.0. The van der Waals surface area contributed by atoms with Crippen LogP contribution in [0.25, 0.3) is 0 Å². The van der Waals surface area contributed by atoms with Gasteiger partial charge in [0.05, 0.1) is 29.6 Å². The van der Waals surface area contributed by atoms with E-state index in [1.54, 1.807) is 0 Å². The van der Waals surface area contributed by atoms with Crippen LogP contribution in [0.5, 0.6) is 0 Å². The first-order chi connectivity index (χ1) is 9.18. The summed E-state index contributed by atoms with van der Waals surface area (Å²) in [6.45, 7) is 8.71. The van der Waals surface area contributed by atoms with Crippen LogP contribution in [0.4, 0.5) is 0 Å². The molecule has 2 heterocycles. The second-order valence-electron chi connectivity index (χ2n) is 4.95. The van der Waals surface area contributed by atoms with Gasteiger partial charge in [-0.3, -0.25) is 9.58 Å². The number of halogens is 1. The second kappa shape index (κ2) is 7.24. The Morgan fingerprint density at radius 2 is 2.11 bits per heavy atom. The third-order valence-corrected chi connectivity index (χ3v) is 3.98. The summed E-state index contributed by atoms with van der Waals surface area (Å²) < 4.78 is 7.19. The highest BCUT2D eigenvalue weighted by atomic mass is 35.5. The van der Waals surface area contributed by atoms with Crippen LogP contribution in [0, 0.1) is 6.92 Å². The molecule has 0 amide bonds. The van der Waals surface area contributed by atoms with Crippen LogP contribution in [0.15, 0.2) is 0 Å². The van der Waals surface area contributed by atoms with Crippen LogP contribution in [-0.4, -0.2) is 54.1 Å². The van der Waals surface area contributed by atoms with Gasteiger partial charge in [-0.1, -0.05) is 11.6 Å². The fourth-order valence-electron chi connectivity index (χ4n) is 2.33. The summed E-state index contributed by atoms with van der Waals surface area (Å²) >= 11 is 6.20. The summed E-state index contributed by atoms with van der Waals surface area (Å²) in [5.74, 6) is 0. The molecule has 1 fully saturated rings. The molecule has 5 nitrogen and oxygen atoms in total. The molecule has 0 atom stereocenters. The molecular formula is C13H23ClN4O. The third-order valence-electron chi connectivity index (χ3n) is 3.49. The van der Waals surface area contributed by atoms with Gasteiger partial charge in [0.25, 0.3) is 0 Å². The SMILES string of the molecule is Cc1nn(C)c(CNCCCN2CCOCC2)c1Cl. The van der Waals surface area contributed by atoms with Crippen LogP contribution in [0.1, 0.15) is 17.8 Å². The Morgan fingerprint density at radius 1 is 1.37 bits per heavy atom. The maximum absolute atomic E-state index is 6.20. The van der Waals surface area contributed by atoms with Crippen molar-refractivity contribution in [2.75, 3.05) is 39.4 Å². The van der Waals surface area contributed by atoms with E-state index in [2.05, 4.69) is 15.3 Å². The molecule has 0 bridgehead atoms. The number of hydrogen-bond acceptors (Lipinski definition) is 4. The highest BCUT2D eigenvalue weighted by Gasteiger charge is 2.11. The number of hydrogen-bond donors (Lipinski definition) is 1. The van der Waals surface area contributed by atoms with Crippen molar-refractivity contribution in [3.63, 3.8) is 0 Å². The topological polar surface area (TPSA) is 42.3 Å². The Bertz CT molecular complexity index is 402. The molecule has 1 aromatic heterocycles. The van der Waals surface area contributed by atoms with E-state index in [9.17, 15) is 0 Å². The van der Waals surface area contributed by atoms with E-state index in [4.69, 9.17) is 16.3 Å². The fraction of sp³-hybridized carbons (Fsp3) is 0.769. The predicted molar refractivity (Wildman–Crippen MR) is 76.5 cm³/mol. The largest absolute Gasteiger partial charge is 0.379 e. The zero-order valence-corrected chi connectivity index (χ0v) is 12.5. The maximum atomic E-state index is 6.20. The van der Waals surface area contributed by atoms with E-state index in [1.807, 2.05) is 18.7 Å². The Hall–Kier alpha value is -0.620. The number of nitrogens with zero attached hydrogens (tertiary/aromatic N) is 3. The van der Waals surface area contributed by atoms with Crippen LogP contribution in [0.2, 0.25) is 5.02 Å². The Balaban J connectivity index is 1.63. The fourth-order valence-corrected chi connectivity index (χ4v) is 2.56. The van der Waals surface area contributed by atoms with Crippen molar-refractivity contribution in [2.24, 2.45) is 7.05 Å². The molecule has 2 rings (SSSR count). The molecule has 19 heavy (non-hydrogen) atoms. The van der Waals surface area contributed by atoms with E-state index in [-0.39, 0.29) is 0 Å². The standard InChI is InChI=1S/C13H23ClN4O/c1-11-13(14)12(17(2)16-11)10-15-4-3-5-18-6-8-19-9-7-18/h15H,3-10H2,1-2H3. The molecule has 0 radical (unpaired) electrons. The molecule has 108 valence electrons. The Morgan fingerprint density at radius 3 is 2.74 bits per heavy atom. The van der Waals surface area contributed by atoms with Gasteiger partial charge in [-0.05, 0) is 26.4 Å². The average Bonchev–Trinajstić information content (AvgIpc) is 2.65. The molecule has 1 N–H and O–H groups in total. The van der Waals surface area contributed by atoms with E-state index in [0.717, 1.165) is 68.8 Å². The summed E-state index contributed by atoms with van der Waals surface area (Å²) in [7, 11) is 1.93. The zero-order chi connectivity index (χ0) is 13.7.